The van der Waals surface area contributed by atoms with E-state index in [1.54, 1.807) is 0 Å². The molecule has 4 aliphatic rings. The van der Waals surface area contributed by atoms with Crippen LogP contribution in [-0.2, 0) is 24.4 Å². The zero-order valence-corrected chi connectivity index (χ0v) is 18.0. The molecule has 0 spiro atoms. The largest absolute Gasteiger partial charge is 0.460 e. The second-order valence-electron chi connectivity index (χ2n) is 9.52. The number of carbonyl (C=O) groups is 3. The van der Waals surface area contributed by atoms with Crippen molar-refractivity contribution >= 4 is 17.7 Å². The molecule has 0 bridgehead atoms. The van der Waals surface area contributed by atoms with Crippen LogP contribution >= 0.6 is 0 Å². The van der Waals surface area contributed by atoms with Crippen molar-refractivity contribution in [2.24, 2.45) is 11.3 Å². The monoisotopic (exact) mass is 430 g/mol. The van der Waals surface area contributed by atoms with Gasteiger partial charge in [0.05, 0.1) is 18.1 Å². The Morgan fingerprint density at radius 2 is 2.03 bits per heavy atom. The number of fused-ring (bicyclic) bond motifs is 3. The molecule has 1 aromatic rings. The molecule has 6 atom stereocenters. The average Bonchev–Trinajstić information content (AvgIpc) is 3.27. The number of ketones is 1. The van der Waals surface area contributed by atoms with E-state index in [1.807, 2.05) is 13.8 Å². The molecule has 1 N–H and O–H groups in total. The summed E-state index contributed by atoms with van der Waals surface area (Å²) in [6.07, 6.45) is 0.787. The minimum atomic E-state index is -0.959. The third-order valence-corrected chi connectivity index (χ3v) is 7.93. The number of ether oxygens (including phenoxy) is 3. The Balaban J connectivity index is 1.81. The Morgan fingerprint density at radius 1 is 1.29 bits per heavy atom. The molecule has 8 heteroatoms. The first kappa shape index (κ1) is 20.5. The zero-order chi connectivity index (χ0) is 22.3. The fourth-order valence-electron chi connectivity index (χ4n) is 6.47. The van der Waals surface area contributed by atoms with Crippen molar-refractivity contribution < 1.29 is 38.1 Å². The number of carbonyl (C=O) groups excluding carboxylic acids is 3. The maximum atomic E-state index is 13.7. The SMILES string of the molecule is COC[C@H]1OC(=O)c2coc3c2[C@@]1(C)C1=C(C3=O)[C@H]2CC[C@H](O)[C@@]2(C)C[C@H]1OC(C)=O. The Hall–Kier alpha value is -2.45. The molecule has 8 nitrogen and oxygen atoms in total. The third kappa shape index (κ3) is 2.46. The van der Waals surface area contributed by atoms with Crippen LogP contribution in [0.1, 0.15) is 66.5 Å². The molecule has 1 saturated carbocycles. The van der Waals surface area contributed by atoms with Crippen LogP contribution in [0.25, 0.3) is 0 Å². The smallest absolute Gasteiger partial charge is 0.342 e. The quantitative estimate of drug-likeness (QED) is 0.727. The van der Waals surface area contributed by atoms with Gasteiger partial charge in [-0.05, 0) is 37.7 Å². The number of rotatable bonds is 3. The number of aliphatic hydroxyl groups excluding tert-OH is 1. The average molecular weight is 430 g/mol. The number of aliphatic hydroxyl groups is 1. The predicted octanol–water partition coefficient (Wildman–Crippen LogP) is 2.33. The van der Waals surface area contributed by atoms with E-state index in [2.05, 4.69) is 0 Å². The van der Waals surface area contributed by atoms with Gasteiger partial charge >= 0.3 is 11.9 Å². The van der Waals surface area contributed by atoms with Crippen LogP contribution < -0.4 is 0 Å². The topological polar surface area (TPSA) is 112 Å². The fourth-order valence-corrected chi connectivity index (χ4v) is 6.47. The van der Waals surface area contributed by atoms with Gasteiger partial charge in [-0.3, -0.25) is 9.59 Å². The lowest BCUT2D eigenvalue weighted by Crippen LogP contribution is -2.57. The molecule has 1 aliphatic heterocycles. The van der Waals surface area contributed by atoms with Crippen LogP contribution in [0.2, 0.25) is 0 Å². The Labute approximate surface area is 179 Å². The summed E-state index contributed by atoms with van der Waals surface area (Å²) < 4.78 is 22.5. The third-order valence-electron chi connectivity index (χ3n) is 7.93. The van der Waals surface area contributed by atoms with Crippen molar-refractivity contribution in [1.29, 1.82) is 0 Å². The van der Waals surface area contributed by atoms with Crippen molar-refractivity contribution in [2.45, 2.75) is 63.8 Å². The molecule has 0 unspecified atom stereocenters. The van der Waals surface area contributed by atoms with Gasteiger partial charge in [0.2, 0.25) is 5.78 Å². The minimum Gasteiger partial charge on any atom is -0.460 e. The molecule has 166 valence electrons. The molecule has 0 radical (unpaired) electrons. The van der Waals surface area contributed by atoms with Crippen LogP contribution in [0.5, 0.6) is 0 Å². The van der Waals surface area contributed by atoms with Gasteiger partial charge in [-0.2, -0.15) is 0 Å². The second kappa shape index (κ2) is 6.53. The molecular formula is C23H26O8. The Bertz CT molecular complexity index is 1030. The highest BCUT2D eigenvalue weighted by Gasteiger charge is 2.64. The van der Waals surface area contributed by atoms with Gasteiger partial charge in [-0.25, -0.2) is 4.79 Å². The standard InChI is InChI=1S/C23H26O8/c1-10(24)30-13-7-22(2)12(5-6-14(22)25)16-18(13)23(3)15(9-28-4)31-21(27)11-8-29-20(17(11)23)19(16)26/h8,12-15,25H,5-7,9H2,1-4H3/t12-,13-,14+,15-,22+,23+/m1/s1. The summed E-state index contributed by atoms with van der Waals surface area (Å²) in [6, 6.07) is 0. The van der Waals surface area contributed by atoms with Gasteiger partial charge in [0.25, 0.3) is 0 Å². The summed E-state index contributed by atoms with van der Waals surface area (Å²) in [7, 11) is 1.51. The van der Waals surface area contributed by atoms with E-state index in [4.69, 9.17) is 18.6 Å². The first-order chi connectivity index (χ1) is 14.6. The predicted molar refractivity (Wildman–Crippen MR) is 106 cm³/mol. The lowest BCUT2D eigenvalue weighted by molar-refractivity contribution is -0.149. The van der Waals surface area contributed by atoms with Gasteiger partial charge in [-0.15, -0.1) is 0 Å². The van der Waals surface area contributed by atoms with Gasteiger partial charge in [0, 0.05) is 30.6 Å². The number of allylic oxidation sites excluding steroid dienone is 1. The molecule has 3 aliphatic carbocycles. The van der Waals surface area contributed by atoms with Crippen molar-refractivity contribution in [3.63, 3.8) is 0 Å². The van der Waals surface area contributed by atoms with Crippen LogP contribution in [0.3, 0.4) is 0 Å². The highest BCUT2D eigenvalue weighted by molar-refractivity contribution is 6.13. The summed E-state index contributed by atoms with van der Waals surface area (Å²) >= 11 is 0. The molecule has 1 fully saturated rings. The van der Waals surface area contributed by atoms with E-state index in [1.165, 1.54) is 20.3 Å². The van der Waals surface area contributed by atoms with Gasteiger partial charge in [0.15, 0.2) is 5.76 Å². The summed E-state index contributed by atoms with van der Waals surface area (Å²) in [5.41, 5.74) is 0.292. The first-order valence-corrected chi connectivity index (χ1v) is 10.6. The van der Waals surface area contributed by atoms with Gasteiger partial charge in [-0.1, -0.05) is 6.92 Å². The van der Waals surface area contributed by atoms with E-state index >= 15 is 0 Å². The Kier molecular flexibility index (Phi) is 4.31. The molecule has 0 saturated heterocycles. The van der Waals surface area contributed by atoms with Gasteiger partial charge in [0.1, 0.15) is 24.0 Å². The lowest BCUT2D eigenvalue weighted by Gasteiger charge is -2.52. The van der Waals surface area contributed by atoms with Crippen LogP contribution in [0.4, 0.5) is 0 Å². The molecule has 2 heterocycles. The number of furan rings is 1. The fraction of sp³-hybridized carbons (Fsp3) is 0.609. The number of esters is 2. The molecule has 5 rings (SSSR count). The minimum absolute atomic E-state index is 0.106. The number of hydrogen-bond acceptors (Lipinski definition) is 8. The number of hydrogen-bond donors (Lipinski definition) is 1. The zero-order valence-electron chi connectivity index (χ0n) is 18.0. The Morgan fingerprint density at radius 3 is 2.71 bits per heavy atom. The summed E-state index contributed by atoms with van der Waals surface area (Å²) in [4.78, 5) is 38.4. The van der Waals surface area contributed by atoms with Crippen LogP contribution in [-0.4, -0.2) is 54.9 Å². The van der Waals surface area contributed by atoms with E-state index in [0.717, 1.165) is 0 Å². The van der Waals surface area contributed by atoms with Crippen LogP contribution in [0, 0.1) is 11.3 Å². The number of methoxy groups -OCH3 is 1. The number of Topliss-reactive ketones (excluding diaryl/α,β-unsaturated/α-hetero) is 1. The highest BCUT2D eigenvalue weighted by atomic mass is 16.6. The molecule has 0 amide bonds. The van der Waals surface area contributed by atoms with Crippen molar-refractivity contribution in [3.8, 4) is 0 Å². The summed E-state index contributed by atoms with van der Waals surface area (Å²) in [5, 5.41) is 10.8. The van der Waals surface area contributed by atoms with Crippen molar-refractivity contribution in [2.75, 3.05) is 13.7 Å². The summed E-state index contributed by atoms with van der Waals surface area (Å²) in [5.74, 6) is -1.43. The van der Waals surface area contributed by atoms with E-state index in [-0.39, 0.29) is 29.6 Å². The molecular weight excluding hydrogens is 404 g/mol. The molecule has 0 aromatic carbocycles. The van der Waals surface area contributed by atoms with Crippen molar-refractivity contribution in [3.05, 3.63) is 34.3 Å². The van der Waals surface area contributed by atoms with E-state index < -0.39 is 41.1 Å². The van der Waals surface area contributed by atoms with Gasteiger partial charge < -0.3 is 23.7 Å². The summed E-state index contributed by atoms with van der Waals surface area (Å²) in [6.45, 7) is 5.28. The number of cyclic esters (lactones) is 1. The van der Waals surface area contributed by atoms with E-state index in [0.29, 0.717) is 36.0 Å². The molecule has 31 heavy (non-hydrogen) atoms. The van der Waals surface area contributed by atoms with E-state index in [9.17, 15) is 19.5 Å². The van der Waals surface area contributed by atoms with Crippen LogP contribution in [0.15, 0.2) is 21.8 Å². The molecule has 1 aromatic heterocycles. The highest BCUT2D eigenvalue weighted by Crippen LogP contribution is 2.62. The normalized spacial score (nSPS) is 38.4. The second-order valence-corrected chi connectivity index (χ2v) is 9.52. The lowest BCUT2D eigenvalue weighted by atomic mass is 9.54. The maximum absolute atomic E-state index is 13.7. The first-order valence-electron chi connectivity index (χ1n) is 10.6. The maximum Gasteiger partial charge on any atom is 0.342 e. The van der Waals surface area contributed by atoms with Crippen molar-refractivity contribution in [1.82, 2.24) is 0 Å².